The summed E-state index contributed by atoms with van der Waals surface area (Å²) in [5, 5.41) is 3.06. The Hall–Kier alpha value is -3.40. The zero-order valence-corrected chi connectivity index (χ0v) is 22.0. The van der Waals surface area contributed by atoms with Crippen LogP contribution in [0.2, 0.25) is 0 Å². The number of sulfonamides is 1. The fraction of sp³-hybridized carbons (Fsp3) is 0.444. The van der Waals surface area contributed by atoms with E-state index in [4.69, 9.17) is 4.74 Å². The SMILES string of the molecule is COc1ccc(CN(C(=O)CCCN2C(=O)c3ccccc3S2(=O)=O)[C@H](C)C(=O)NC2CCCC2)cc1. The zero-order valence-electron chi connectivity index (χ0n) is 21.2. The third-order valence-corrected chi connectivity index (χ3v) is 8.89. The lowest BCUT2D eigenvalue weighted by atomic mass is 10.1. The van der Waals surface area contributed by atoms with Crippen LogP contribution in [-0.4, -0.2) is 61.1 Å². The summed E-state index contributed by atoms with van der Waals surface area (Å²) < 4.78 is 31.6. The molecule has 37 heavy (non-hydrogen) atoms. The van der Waals surface area contributed by atoms with Crippen molar-refractivity contribution in [2.24, 2.45) is 0 Å². The van der Waals surface area contributed by atoms with E-state index in [0.717, 1.165) is 35.6 Å². The predicted molar refractivity (Wildman–Crippen MR) is 137 cm³/mol. The Labute approximate surface area is 217 Å². The van der Waals surface area contributed by atoms with E-state index in [0.29, 0.717) is 5.75 Å². The molecule has 1 aliphatic carbocycles. The smallest absolute Gasteiger partial charge is 0.269 e. The lowest BCUT2D eigenvalue weighted by Crippen LogP contribution is -2.49. The topological polar surface area (TPSA) is 113 Å². The highest BCUT2D eigenvalue weighted by molar-refractivity contribution is 7.90. The average Bonchev–Trinajstić information content (AvgIpc) is 3.48. The van der Waals surface area contributed by atoms with E-state index in [1.807, 2.05) is 12.1 Å². The van der Waals surface area contributed by atoms with Crippen LogP contribution in [-0.2, 0) is 26.2 Å². The van der Waals surface area contributed by atoms with Crippen LogP contribution in [0.4, 0.5) is 0 Å². The molecule has 198 valence electrons. The number of hydrogen-bond donors (Lipinski definition) is 1. The predicted octanol–water partition coefficient (Wildman–Crippen LogP) is 3.10. The molecular weight excluding hydrogens is 494 g/mol. The summed E-state index contributed by atoms with van der Waals surface area (Å²) in [4.78, 5) is 40.5. The molecule has 0 saturated heterocycles. The van der Waals surface area contributed by atoms with Crippen LogP contribution in [0.25, 0.3) is 0 Å². The molecule has 2 aromatic carbocycles. The van der Waals surface area contributed by atoms with Gasteiger partial charge in [0.25, 0.3) is 15.9 Å². The van der Waals surface area contributed by atoms with Gasteiger partial charge in [-0.05, 0) is 56.0 Å². The lowest BCUT2D eigenvalue weighted by Gasteiger charge is -2.30. The van der Waals surface area contributed by atoms with Crippen LogP contribution in [0, 0.1) is 0 Å². The minimum absolute atomic E-state index is 0.00709. The van der Waals surface area contributed by atoms with Crippen LogP contribution in [0.1, 0.15) is 61.4 Å². The summed E-state index contributed by atoms with van der Waals surface area (Å²) in [6.45, 7) is 1.81. The first-order chi connectivity index (χ1) is 17.7. The molecule has 2 aromatic rings. The normalized spacial score (nSPS) is 17.4. The summed E-state index contributed by atoms with van der Waals surface area (Å²) >= 11 is 0. The molecule has 0 aromatic heterocycles. The van der Waals surface area contributed by atoms with E-state index in [2.05, 4.69) is 5.32 Å². The van der Waals surface area contributed by atoms with Crippen molar-refractivity contribution in [1.29, 1.82) is 0 Å². The van der Waals surface area contributed by atoms with E-state index < -0.39 is 22.0 Å². The molecule has 4 rings (SSSR count). The van der Waals surface area contributed by atoms with Crippen LogP contribution in [0.3, 0.4) is 0 Å². The molecule has 0 unspecified atom stereocenters. The van der Waals surface area contributed by atoms with Crippen molar-refractivity contribution in [3.63, 3.8) is 0 Å². The number of amides is 3. The summed E-state index contributed by atoms with van der Waals surface area (Å²) in [5.74, 6) is -0.387. The van der Waals surface area contributed by atoms with Gasteiger partial charge in [0.2, 0.25) is 11.8 Å². The van der Waals surface area contributed by atoms with Crippen molar-refractivity contribution in [1.82, 2.24) is 14.5 Å². The maximum atomic E-state index is 13.4. The molecule has 1 fully saturated rings. The van der Waals surface area contributed by atoms with Gasteiger partial charge in [-0.15, -0.1) is 0 Å². The Bertz CT molecular complexity index is 1260. The summed E-state index contributed by atoms with van der Waals surface area (Å²) in [6, 6.07) is 12.8. The Kier molecular flexibility index (Phi) is 8.16. The first-order valence-electron chi connectivity index (χ1n) is 12.6. The molecule has 9 nitrogen and oxygen atoms in total. The van der Waals surface area contributed by atoms with Gasteiger partial charge in [0.05, 0.1) is 12.7 Å². The minimum atomic E-state index is -3.93. The zero-order chi connectivity index (χ0) is 26.6. The van der Waals surface area contributed by atoms with Gasteiger partial charge in [-0.1, -0.05) is 37.1 Å². The van der Waals surface area contributed by atoms with Gasteiger partial charge < -0.3 is 15.0 Å². The first kappa shape index (κ1) is 26.7. The van der Waals surface area contributed by atoms with E-state index in [1.54, 1.807) is 38.3 Å². The highest BCUT2D eigenvalue weighted by atomic mass is 32.2. The molecule has 0 radical (unpaired) electrons. The molecule has 1 N–H and O–H groups in total. The van der Waals surface area contributed by atoms with E-state index in [-0.39, 0.29) is 54.2 Å². The molecule has 0 spiro atoms. The van der Waals surface area contributed by atoms with Crippen molar-refractivity contribution >= 4 is 27.7 Å². The highest BCUT2D eigenvalue weighted by Gasteiger charge is 2.40. The molecule has 1 heterocycles. The third kappa shape index (κ3) is 5.79. The molecule has 3 amide bonds. The minimum Gasteiger partial charge on any atom is -0.497 e. The lowest BCUT2D eigenvalue weighted by molar-refractivity contribution is -0.141. The number of methoxy groups -OCH3 is 1. The van der Waals surface area contributed by atoms with Crippen LogP contribution < -0.4 is 10.1 Å². The summed E-state index contributed by atoms with van der Waals surface area (Å²) in [5.41, 5.74) is 0.981. The van der Waals surface area contributed by atoms with Crippen molar-refractivity contribution in [3.8, 4) is 5.75 Å². The van der Waals surface area contributed by atoms with E-state index >= 15 is 0 Å². The average molecular weight is 528 g/mol. The van der Waals surface area contributed by atoms with E-state index in [9.17, 15) is 22.8 Å². The Balaban J connectivity index is 1.44. The van der Waals surface area contributed by atoms with Gasteiger partial charge in [0, 0.05) is 25.6 Å². The van der Waals surface area contributed by atoms with Crippen molar-refractivity contribution < 1.29 is 27.5 Å². The second-order valence-electron chi connectivity index (χ2n) is 9.52. The standard InChI is InChI=1S/C27H33N3O6S/c1-19(26(32)28-21-8-3-4-9-21)29(18-20-13-15-22(36-2)16-14-20)25(31)12-7-17-30-27(33)23-10-5-6-11-24(23)37(30,34)35/h5-6,10-11,13-16,19,21H,3-4,7-9,12,17-18H2,1-2H3,(H,28,32)/t19-/m1/s1. The first-order valence-corrected chi connectivity index (χ1v) is 14.0. The van der Waals surface area contributed by atoms with Gasteiger partial charge >= 0.3 is 0 Å². The number of carbonyl (C=O) groups is 3. The van der Waals surface area contributed by atoms with Gasteiger partial charge in [0.1, 0.15) is 16.7 Å². The van der Waals surface area contributed by atoms with Gasteiger partial charge in [-0.3, -0.25) is 14.4 Å². The van der Waals surface area contributed by atoms with Crippen molar-refractivity contribution in [2.75, 3.05) is 13.7 Å². The number of rotatable bonds is 10. The number of carbonyl (C=O) groups excluding carboxylic acids is 3. The number of nitrogens with zero attached hydrogens (tertiary/aromatic N) is 2. The molecule has 1 aliphatic heterocycles. The summed E-state index contributed by atoms with van der Waals surface area (Å²) in [7, 11) is -2.36. The number of fused-ring (bicyclic) bond motifs is 1. The second kappa shape index (κ2) is 11.3. The molecule has 0 bridgehead atoms. The largest absolute Gasteiger partial charge is 0.497 e. The fourth-order valence-corrected chi connectivity index (χ4v) is 6.48. The quantitative estimate of drug-likeness (QED) is 0.508. The molecule has 1 atom stereocenters. The highest BCUT2D eigenvalue weighted by Crippen LogP contribution is 2.30. The van der Waals surface area contributed by atoms with Gasteiger partial charge in [-0.2, -0.15) is 0 Å². The molecule has 10 heteroatoms. The number of ether oxygens (including phenoxy) is 1. The summed E-state index contributed by atoms with van der Waals surface area (Å²) in [6.07, 6.45) is 4.17. The van der Waals surface area contributed by atoms with Crippen LogP contribution >= 0.6 is 0 Å². The van der Waals surface area contributed by atoms with Gasteiger partial charge in [0.15, 0.2) is 0 Å². The Morgan fingerprint density at radius 1 is 1.11 bits per heavy atom. The molecule has 1 saturated carbocycles. The Morgan fingerprint density at radius 3 is 2.43 bits per heavy atom. The van der Waals surface area contributed by atoms with Crippen LogP contribution in [0.15, 0.2) is 53.4 Å². The van der Waals surface area contributed by atoms with Crippen molar-refractivity contribution in [3.05, 3.63) is 59.7 Å². The third-order valence-electron chi connectivity index (χ3n) is 7.04. The fourth-order valence-electron chi connectivity index (χ4n) is 4.87. The second-order valence-corrected chi connectivity index (χ2v) is 11.3. The molecular formula is C27H33N3O6S. The molecule has 2 aliphatic rings. The monoisotopic (exact) mass is 527 g/mol. The van der Waals surface area contributed by atoms with Crippen molar-refractivity contribution in [2.45, 2.75) is 69.0 Å². The maximum absolute atomic E-state index is 13.4. The van der Waals surface area contributed by atoms with E-state index in [1.165, 1.54) is 17.0 Å². The maximum Gasteiger partial charge on any atom is 0.269 e. The Morgan fingerprint density at radius 2 is 1.78 bits per heavy atom. The van der Waals surface area contributed by atoms with Crippen LogP contribution in [0.5, 0.6) is 5.75 Å². The van der Waals surface area contributed by atoms with Gasteiger partial charge in [-0.25, -0.2) is 12.7 Å². The number of nitrogens with one attached hydrogen (secondary N) is 1. The number of hydrogen-bond acceptors (Lipinski definition) is 6. The number of benzene rings is 2.